The second-order valence-electron chi connectivity index (χ2n) is 4.65. The van der Waals surface area contributed by atoms with E-state index >= 15 is 0 Å². The summed E-state index contributed by atoms with van der Waals surface area (Å²) in [6.07, 6.45) is -2.78. The third-order valence-corrected chi connectivity index (χ3v) is 4.76. The van der Waals surface area contributed by atoms with E-state index in [2.05, 4.69) is 5.32 Å². The highest BCUT2D eigenvalue weighted by Crippen LogP contribution is 2.28. The fourth-order valence-electron chi connectivity index (χ4n) is 1.48. The lowest BCUT2D eigenvalue weighted by atomic mass is 10.2. The molecule has 0 aliphatic carbocycles. The van der Waals surface area contributed by atoms with Gasteiger partial charge in [-0.1, -0.05) is 37.0 Å². The van der Waals surface area contributed by atoms with Gasteiger partial charge in [0.1, 0.15) is 4.90 Å². The third kappa shape index (κ3) is 5.67. The molecular formula is C12H16Cl2F2N2O2S. The van der Waals surface area contributed by atoms with Gasteiger partial charge in [0.2, 0.25) is 10.0 Å². The van der Waals surface area contributed by atoms with E-state index < -0.39 is 23.0 Å². The van der Waals surface area contributed by atoms with Crippen LogP contribution in [0.4, 0.5) is 8.78 Å². The molecule has 0 unspecified atom stereocenters. The van der Waals surface area contributed by atoms with Crippen LogP contribution in [0.3, 0.4) is 0 Å². The Labute approximate surface area is 132 Å². The molecule has 0 bridgehead atoms. The van der Waals surface area contributed by atoms with Gasteiger partial charge in [-0.15, -0.1) is 0 Å². The van der Waals surface area contributed by atoms with Crippen molar-refractivity contribution < 1.29 is 17.2 Å². The fraction of sp³-hybridized carbons (Fsp3) is 0.500. The third-order valence-electron chi connectivity index (χ3n) is 2.52. The molecule has 0 amide bonds. The van der Waals surface area contributed by atoms with E-state index in [1.165, 1.54) is 12.1 Å². The summed E-state index contributed by atoms with van der Waals surface area (Å²) >= 11 is 11.9. The maximum Gasteiger partial charge on any atom is 0.251 e. The van der Waals surface area contributed by atoms with Gasteiger partial charge in [-0.2, -0.15) is 0 Å². The Kier molecular flexibility index (Phi) is 6.80. The quantitative estimate of drug-likeness (QED) is 0.785. The first-order chi connectivity index (χ1) is 9.63. The maximum absolute atomic E-state index is 12.1. The van der Waals surface area contributed by atoms with Crippen LogP contribution in [0.15, 0.2) is 17.0 Å². The van der Waals surface area contributed by atoms with Gasteiger partial charge in [0.25, 0.3) is 6.43 Å². The lowest BCUT2D eigenvalue weighted by Gasteiger charge is -2.13. The number of benzene rings is 1. The van der Waals surface area contributed by atoms with E-state index in [0.717, 1.165) is 0 Å². The van der Waals surface area contributed by atoms with Crippen molar-refractivity contribution in [1.82, 2.24) is 10.0 Å². The summed E-state index contributed by atoms with van der Waals surface area (Å²) in [5.41, 5.74) is 0.521. The summed E-state index contributed by atoms with van der Waals surface area (Å²) < 4.78 is 50.0. The van der Waals surface area contributed by atoms with Gasteiger partial charge in [-0.3, -0.25) is 0 Å². The first-order valence-electron chi connectivity index (χ1n) is 6.12. The standard InChI is InChI=1S/C12H16Cl2F2N2O2S/c1-7(2)17-5-8-3-11(10(14)4-9(8)13)21(19,20)18-6-12(15)16/h3-4,7,12,17-18H,5-6H2,1-2H3. The lowest BCUT2D eigenvalue weighted by molar-refractivity contribution is 0.153. The summed E-state index contributed by atoms with van der Waals surface area (Å²) in [6, 6.07) is 2.75. The number of hydrogen-bond acceptors (Lipinski definition) is 3. The lowest BCUT2D eigenvalue weighted by Crippen LogP contribution is -2.29. The van der Waals surface area contributed by atoms with E-state index in [1.54, 1.807) is 4.72 Å². The summed E-state index contributed by atoms with van der Waals surface area (Å²) in [7, 11) is -4.11. The minimum Gasteiger partial charge on any atom is -0.310 e. The summed E-state index contributed by atoms with van der Waals surface area (Å²) in [6.45, 7) is 3.21. The van der Waals surface area contributed by atoms with E-state index in [-0.39, 0.29) is 16.0 Å². The smallest absolute Gasteiger partial charge is 0.251 e. The highest BCUT2D eigenvalue weighted by atomic mass is 35.5. The van der Waals surface area contributed by atoms with Crippen LogP contribution in [0.1, 0.15) is 19.4 Å². The molecule has 120 valence electrons. The first kappa shape index (κ1) is 18.6. The number of sulfonamides is 1. The number of alkyl halides is 2. The SMILES string of the molecule is CC(C)NCc1cc(S(=O)(=O)NCC(F)F)c(Cl)cc1Cl. The molecule has 0 aliphatic heterocycles. The van der Waals surface area contributed by atoms with Crippen LogP contribution in [0.5, 0.6) is 0 Å². The molecule has 1 aromatic carbocycles. The predicted octanol–water partition coefficient (Wildman–Crippen LogP) is 3.03. The molecular weight excluding hydrogens is 345 g/mol. The van der Waals surface area contributed by atoms with Crippen LogP contribution < -0.4 is 10.0 Å². The first-order valence-corrected chi connectivity index (χ1v) is 8.36. The minimum atomic E-state index is -4.11. The predicted molar refractivity (Wildman–Crippen MR) is 79.6 cm³/mol. The Morgan fingerprint density at radius 2 is 1.81 bits per heavy atom. The van der Waals surface area contributed by atoms with Gasteiger partial charge in [0.05, 0.1) is 11.6 Å². The van der Waals surface area contributed by atoms with Crippen LogP contribution in [0, 0.1) is 0 Å². The van der Waals surface area contributed by atoms with Crippen molar-refractivity contribution in [2.75, 3.05) is 6.54 Å². The molecule has 1 rings (SSSR count). The van der Waals surface area contributed by atoms with Crippen LogP contribution in [0.25, 0.3) is 0 Å². The molecule has 0 radical (unpaired) electrons. The normalized spacial score (nSPS) is 12.4. The van der Waals surface area contributed by atoms with Crippen molar-refractivity contribution in [1.29, 1.82) is 0 Å². The van der Waals surface area contributed by atoms with Crippen molar-refractivity contribution in [3.8, 4) is 0 Å². The molecule has 0 fully saturated rings. The Hall–Kier alpha value is -0.470. The fourth-order valence-corrected chi connectivity index (χ4v) is 3.35. The summed E-state index contributed by atoms with van der Waals surface area (Å²) in [5.74, 6) is 0. The number of nitrogens with one attached hydrogen (secondary N) is 2. The zero-order valence-electron chi connectivity index (χ0n) is 11.5. The maximum atomic E-state index is 12.1. The number of hydrogen-bond donors (Lipinski definition) is 2. The van der Waals surface area contributed by atoms with E-state index in [1.807, 2.05) is 13.8 Å². The molecule has 9 heteroatoms. The minimum absolute atomic E-state index is 0.116. The van der Waals surface area contributed by atoms with Gasteiger partial charge < -0.3 is 5.32 Å². The van der Waals surface area contributed by atoms with Crippen molar-refractivity contribution in [2.24, 2.45) is 0 Å². The Balaban J connectivity index is 3.09. The van der Waals surface area contributed by atoms with Crippen LogP contribution in [0.2, 0.25) is 10.0 Å². The zero-order valence-corrected chi connectivity index (χ0v) is 13.8. The molecule has 0 spiro atoms. The Morgan fingerprint density at radius 1 is 1.19 bits per heavy atom. The highest BCUT2D eigenvalue weighted by Gasteiger charge is 2.21. The van der Waals surface area contributed by atoms with E-state index in [9.17, 15) is 17.2 Å². The van der Waals surface area contributed by atoms with Crippen molar-refractivity contribution in [3.05, 3.63) is 27.7 Å². The van der Waals surface area contributed by atoms with Gasteiger partial charge in [0.15, 0.2) is 0 Å². The molecule has 0 saturated carbocycles. The molecule has 2 N–H and O–H groups in total. The average Bonchev–Trinajstić information content (AvgIpc) is 2.35. The molecule has 21 heavy (non-hydrogen) atoms. The van der Waals surface area contributed by atoms with Crippen molar-refractivity contribution >= 4 is 33.2 Å². The topological polar surface area (TPSA) is 58.2 Å². The van der Waals surface area contributed by atoms with Crippen molar-refractivity contribution in [3.63, 3.8) is 0 Å². The largest absolute Gasteiger partial charge is 0.310 e. The molecule has 0 atom stereocenters. The van der Waals surface area contributed by atoms with E-state index in [4.69, 9.17) is 23.2 Å². The second-order valence-corrected chi connectivity index (χ2v) is 7.20. The number of halogens is 4. The molecule has 0 aromatic heterocycles. The molecule has 4 nitrogen and oxygen atoms in total. The molecule has 0 heterocycles. The molecule has 0 saturated heterocycles. The van der Waals surface area contributed by atoms with Crippen LogP contribution in [-0.4, -0.2) is 27.4 Å². The van der Waals surface area contributed by atoms with Gasteiger partial charge in [-0.25, -0.2) is 21.9 Å². The van der Waals surface area contributed by atoms with Gasteiger partial charge >= 0.3 is 0 Å². The summed E-state index contributed by atoms with van der Waals surface area (Å²) in [5, 5.41) is 3.28. The zero-order chi connectivity index (χ0) is 16.2. The molecule has 0 aliphatic rings. The summed E-state index contributed by atoms with van der Waals surface area (Å²) in [4.78, 5) is -0.269. The van der Waals surface area contributed by atoms with Gasteiger partial charge in [0, 0.05) is 17.6 Å². The second kappa shape index (κ2) is 7.69. The highest BCUT2D eigenvalue weighted by molar-refractivity contribution is 7.89. The average molecular weight is 361 g/mol. The van der Waals surface area contributed by atoms with Crippen LogP contribution in [-0.2, 0) is 16.6 Å². The molecule has 1 aromatic rings. The number of rotatable bonds is 7. The van der Waals surface area contributed by atoms with Crippen molar-refractivity contribution in [2.45, 2.75) is 37.8 Å². The van der Waals surface area contributed by atoms with E-state index in [0.29, 0.717) is 17.1 Å². The Morgan fingerprint density at radius 3 is 2.33 bits per heavy atom. The monoisotopic (exact) mass is 360 g/mol. The van der Waals surface area contributed by atoms with Crippen LogP contribution >= 0.6 is 23.2 Å². The van der Waals surface area contributed by atoms with Gasteiger partial charge in [-0.05, 0) is 17.7 Å². The Bertz CT molecular complexity index is 595.